The summed E-state index contributed by atoms with van der Waals surface area (Å²) in [5.41, 5.74) is 0.00354. The van der Waals surface area contributed by atoms with Gasteiger partial charge in [0.25, 0.3) is 0 Å². The first-order chi connectivity index (χ1) is 13.0. The molecule has 156 valence electrons. The lowest BCUT2D eigenvalue weighted by molar-refractivity contribution is -0.130. The van der Waals surface area contributed by atoms with Gasteiger partial charge in [0.15, 0.2) is 6.79 Å². The zero-order valence-electron chi connectivity index (χ0n) is 16.7. The molecule has 7 nitrogen and oxygen atoms in total. The molecule has 1 fully saturated rings. The normalized spacial score (nSPS) is 15.6. The third-order valence-electron chi connectivity index (χ3n) is 4.12. The highest BCUT2D eigenvalue weighted by molar-refractivity contribution is 6.42. The number of carbonyl (C=O) groups excluding carboxylic acids is 2. The molecule has 0 bridgehead atoms. The monoisotopic (exact) mass is 432 g/mol. The summed E-state index contributed by atoms with van der Waals surface area (Å²) in [5, 5.41) is 3.58. The molecule has 2 rings (SSSR count). The Kier molecular flexibility index (Phi) is 7.42. The zero-order valence-corrected chi connectivity index (χ0v) is 18.2. The molecular formula is C19H26Cl2N2O5. The molecule has 1 saturated heterocycles. The van der Waals surface area contributed by atoms with Crippen LogP contribution in [0.25, 0.3) is 0 Å². The molecule has 0 spiro atoms. The van der Waals surface area contributed by atoms with E-state index in [2.05, 4.69) is 5.32 Å². The topological polar surface area (TPSA) is 77.1 Å². The summed E-state index contributed by atoms with van der Waals surface area (Å²) in [7, 11) is 1.51. The fourth-order valence-electron chi connectivity index (χ4n) is 2.72. The van der Waals surface area contributed by atoms with E-state index >= 15 is 0 Å². The van der Waals surface area contributed by atoms with Gasteiger partial charge in [-0.2, -0.15) is 0 Å². The Balaban J connectivity index is 1.99. The van der Waals surface area contributed by atoms with E-state index < -0.39 is 17.7 Å². The molecule has 1 aromatic rings. The maximum absolute atomic E-state index is 12.6. The molecule has 1 heterocycles. The average molecular weight is 433 g/mol. The van der Waals surface area contributed by atoms with Crippen molar-refractivity contribution in [3.8, 4) is 5.75 Å². The highest BCUT2D eigenvalue weighted by atomic mass is 35.5. The highest BCUT2D eigenvalue weighted by Crippen LogP contribution is 2.37. The van der Waals surface area contributed by atoms with Crippen molar-refractivity contribution < 1.29 is 23.8 Å². The molecule has 1 aliphatic rings. The van der Waals surface area contributed by atoms with Crippen molar-refractivity contribution in [3.05, 3.63) is 27.7 Å². The van der Waals surface area contributed by atoms with E-state index in [1.807, 2.05) is 0 Å². The first-order valence-corrected chi connectivity index (χ1v) is 9.67. The Bertz CT molecular complexity index is 730. The zero-order chi connectivity index (χ0) is 21.1. The molecule has 0 aromatic heterocycles. The molecule has 2 amide bonds. The molecule has 28 heavy (non-hydrogen) atoms. The van der Waals surface area contributed by atoms with Gasteiger partial charge in [0.2, 0.25) is 5.91 Å². The SMILES string of the molecule is COCOc1ccc(Cl)c(Cl)c1C(C)NC(=O)C1CN(C(=O)OC(C)(C)C)C1. The number of nitrogens with zero attached hydrogens (tertiary/aromatic N) is 1. The third kappa shape index (κ3) is 5.65. The Morgan fingerprint density at radius 1 is 1.29 bits per heavy atom. The van der Waals surface area contributed by atoms with Gasteiger partial charge in [0, 0.05) is 25.8 Å². The number of methoxy groups -OCH3 is 1. The van der Waals surface area contributed by atoms with Crippen LogP contribution in [0.2, 0.25) is 10.0 Å². The summed E-state index contributed by atoms with van der Waals surface area (Å²) < 4.78 is 15.8. The fraction of sp³-hybridized carbons (Fsp3) is 0.579. The van der Waals surface area contributed by atoms with Gasteiger partial charge in [-0.05, 0) is 39.8 Å². The molecule has 9 heteroatoms. The Labute approximate surface area is 175 Å². The van der Waals surface area contributed by atoms with E-state index in [1.54, 1.807) is 39.8 Å². The van der Waals surface area contributed by atoms with Crippen LogP contribution in [0.15, 0.2) is 12.1 Å². The largest absolute Gasteiger partial charge is 0.467 e. The van der Waals surface area contributed by atoms with Gasteiger partial charge in [0.1, 0.15) is 11.4 Å². The van der Waals surface area contributed by atoms with E-state index in [1.165, 1.54) is 12.0 Å². The lowest BCUT2D eigenvalue weighted by Crippen LogP contribution is -2.56. The van der Waals surface area contributed by atoms with Crippen molar-refractivity contribution in [2.45, 2.75) is 39.3 Å². The van der Waals surface area contributed by atoms with Crippen molar-refractivity contribution in [2.24, 2.45) is 5.92 Å². The summed E-state index contributed by atoms with van der Waals surface area (Å²) in [6, 6.07) is 2.86. The van der Waals surface area contributed by atoms with E-state index in [-0.39, 0.29) is 18.6 Å². The predicted octanol–water partition coefficient (Wildman–Crippen LogP) is 4.02. The van der Waals surface area contributed by atoms with Crippen LogP contribution < -0.4 is 10.1 Å². The molecule has 0 aliphatic carbocycles. The van der Waals surface area contributed by atoms with Crippen molar-refractivity contribution in [3.63, 3.8) is 0 Å². The van der Waals surface area contributed by atoms with Gasteiger partial charge in [-0.3, -0.25) is 4.79 Å². The van der Waals surface area contributed by atoms with Crippen LogP contribution in [0.4, 0.5) is 4.79 Å². The Morgan fingerprint density at radius 3 is 2.50 bits per heavy atom. The van der Waals surface area contributed by atoms with Crippen LogP contribution in [0.3, 0.4) is 0 Å². The average Bonchev–Trinajstić information content (AvgIpc) is 2.52. The number of ether oxygens (including phenoxy) is 3. The van der Waals surface area contributed by atoms with E-state index in [9.17, 15) is 9.59 Å². The fourth-order valence-corrected chi connectivity index (χ4v) is 3.21. The molecule has 1 N–H and O–H groups in total. The Morgan fingerprint density at radius 2 is 1.93 bits per heavy atom. The van der Waals surface area contributed by atoms with Gasteiger partial charge in [-0.1, -0.05) is 23.2 Å². The van der Waals surface area contributed by atoms with Crippen LogP contribution in [0.1, 0.15) is 39.3 Å². The van der Waals surface area contributed by atoms with Gasteiger partial charge >= 0.3 is 6.09 Å². The predicted molar refractivity (Wildman–Crippen MR) is 107 cm³/mol. The smallest absolute Gasteiger partial charge is 0.410 e. The Hall–Kier alpha value is -1.70. The molecule has 0 saturated carbocycles. The van der Waals surface area contributed by atoms with Crippen LogP contribution in [-0.2, 0) is 14.3 Å². The molecule has 1 aromatic carbocycles. The quantitative estimate of drug-likeness (QED) is 0.686. The first-order valence-electron chi connectivity index (χ1n) is 8.91. The number of hydrogen-bond acceptors (Lipinski definition) is 5. The minimum atomic E-state index is -0.569. The number of likely N-dealkylation sites (tertiary alicyclic amines) is 1. The number of rotatable bonds is 6. The molecule has 0 radical (unpaired) electrons. The van der Waals surface area contributed by atoms with Crippen LogP contribution in [0.5, 0.6) is 5.75 Å². The van der Waals surface area contributed by atoms with Crippen LogP contribution >= 0.6 is 23.2 Å². The van der Waals surface area contributed by atoms with E-state index in [4.69, 9.17) is 37.4 Å². The number of carbonyl (C=O) groups is 2. The van der Waals surface area contributed by atoms with Crippen LogP contribution in [0, 0.1) is 5.92 Å². The second-order valence-electron chi connectivity index (χ2n) is 7.64. The summed E-state index contributed by atoms with van der Waals surface area (Å²) >= 11 is 12.5. The van der Waals surface area contributed by atoms with E-state index in [0.29, 0.717) is 34.4 Å². The standard InChI is InChI=1S/C19H26Cl2N2O5/c1-11(15-14(27-10-26-5)7-6-13(20)16(15)21)22-17(24)12-8-23(9-12)18(25)28-19(2,3)4/h6-7,11-12H,8-10H2,1-5H3,(H,22,24). The number of amides is 2. The summed E-state index contributed by atoms with van der Waals surface area (Å²) in [4.78, 5) is 26.0. The third-order valence-corrected chi connectivity index (χ3v) is 4.94. The summed E-state index contributed by atoms with van der Waals surface area (Å²) in [6.45, 7) is 7.85. The van der Waals surface area contributed by atoms with Gasteiger partial charge in [-0.15, -0.1) is 0 Å². The van der Waals surface area contributed by atoms with E-state index in [0.717, 1.165) is 0 Å². The van der Waals surface area contributed by atoms with Crippen molar-refractivity contribution in [1.29, 1.82) is 0 Å². The molecule has 1 atom stereocenters. The number of benzene rings is 1. The minimum absolute atomic E-state index is 0.0408. The first kappa shape index (κ1) is 22.6. The number of nitrogens with one attached hydrogen (secondary N) is 1. The molecule has 1 aliphatic heterocycles. The second kappa shape index (κ2) is 9.20. The minimum Gasteiger partial charge on any atom is -0.467 e. The second-order valence-corrected chi connectivity index (χ2v) is 8.42. The summed E-state index contributed by atoms with van der Waals surface area (Å²) in [6.07, 6.45) is -0.419. The van der Waals surface area contributed by atoms with Crippen molar-refractivity contribution >= 4 is 35.2 Å². The maximum atomic E-state index is 12.6. The van der Waals surface area contributed by atoms with Crippen molar-refractivity contribution in [1.82, 2.24) is 10.2 Å². The lowest BCUT2D eigenvalue weighted by Gasteiger charge is -2.39. The van der Waals surface area contributed by atoms with Crippen LogP contribution in [-0.4, -0.2) is 49.5 Å². The van der Waals surface area contributed by atoms with Gasteiger partial charge < -0.3 is 24.4 Å². The lowest BCUT2D eigenvalue weighted by atomic mass is 9.98. The van der Waals surface area contributed by atoms with Gasteiger partial charge in [0.05, 0.1) is 22.0 Å². The maximum Gasteiger partial charge on any atom is 0.410 e. The number of halogens is 2. The summed E-state index contributed by atoms with van der Waals surface area (Å²) in [5.74, 6) is -0.00893. The molecular weight excluding hydrogens is 407 g/mol. The highest BCUT2D eigenvalue weighted by Gasteiger charge is 2.38. The number of hydrogen-bond donors (Lipinski definition) is 1. The van der Waals surface area contributed by atoms with Crippen molar-refractivity contribution in [2.75, 3.05) is 27.0 Å². The molecule has 1 unspecified atom stereocenters. The van der Waals surface area contributed by atoms with Gasteiger partial charge in [-0.25, -0.2) is 4.79 Å².